The summed E-state index contributed by atoms with van der Waals surface area (Å²) in [6.07, 6.45) is 40.3. The Morgan fingerprint density at radius 1 is 0.629 bits per heavy atom. The summed E-state index contributed by atoms with van der Waals surface area (Å²) in [5, 5.41) is -0.538. The summed E-state index contributed by atoms with van der Waals surface area (Å²) in [6.45, 7) is 8.87. The normalized spacial score (nSPS) is 26.3. The lowest BCUT2D eigenvalue weighted by Crippen LogP contribution is -2.51. The Labute approximate surface area is 381 Å². The molecule has 358 valence electrons. The molecule has 4 rings (SSSR count). The Morgan fingerprint density at radius 3 is 1.60 bits per heavy atom. The summed E-state index contributed by atoms with van der Waals surface area (Å²) in [4.78, 5) is 39.0. The van der Waals surface area contributed by atoms with E-state index in [4.69, 9.17) is 9.47 Å². The van der Waals surface area contributed by atoms with Crippen molar-refractivity contribution < 1.29 is 32.3 Å². The van der Waals surface area contributed by atoms with Gasteiger partial charge in [0.1, 0.15) is 18.5 Å². The van der Waals surface area contributed by atoms with E-state index in [0.29, 0.717) is 49.2 Å². The molecule has 7 atom stereocenters. The number of sulfone groups is 1. The van der Waals surface area contributed by atoms with Gasteiger partial charge in [0.05, 0.1) is 11.0 Å². The van der Waals surface area contributed by atoms with E-state index in [9.17, 15) is 22.8 Å². The number of carbonyl (C=O) groups excluding carboxylic acids is 3. The Kier molecular flexibility index (Phi) is 24.2. The maximum absolute atomic E-state index is 14.2. The monoisotopic (exact) mass is 887 g/mol. The molecule has 4 aliphatic rings. The SMILES string of the molecule is CCCCCCCCCCCCCCCC(=O)OCC(CS(=O)(=O)[C@H]1CC[C@@]2(C)C(=CC[C@@H]3[C@@H]2CC[C@]2(C)C(=O)CC[C@@H]32)C1)OC(=O)CCCCCCCCCCCCCCC. The van der Waals surface area contributed by atoms with Crippen molar-refractivity contribution in [2.75, 3.05) is 12.4 Å². The van der Waals surface area contributed by atoms with Crippen LogP contribution in [-0.2, 0) is 33.7 Å². The number of rotatable bonds is 34. The van der Waals surface area contributed by atoms with Crippen LogP contribution in [-0.4, -0.2) is 49.9 Å². The first kappa shape index (κ1) is 52.9. The molecule has 0 amide bonds. The molecule has 4 aliphatic carbocycles. The maximum Gasteiger partial charge on any atom is 0.306 e. The Hall–Kier alpha value is -1.70. The predicted molar refractivity (Wildman–Crippen MR) is 256 cm³/mol. The second kappa shape index (κ2) is 28.4. The highest BCUT2D eigenvalue weighted by molar-refractivity contribution is 7.92. The smallest absolute Gasteiger partial charge is 0.306 e. The van der Waals surface area contributed by atoms with E-state index < -0.39 is 27.2 Å². The van der Waals surface area contributed by atoms with Gasteiger partial charge in [-0.2, -0.15) is 0 Å². The van der Waals surface area contributed by atoms with Gasteiger partial charge in [-0.1, -0.05) is 193 Å². The molecule has 3 saturated carbocycles. The lowest BCUT2D eigenvalue weighted by atomic mass is 9.48. The van der Waals surface area contributed by atoms with Crippen LogP contribution in [0.4, 0.5) is 0 Å². The molecule has 62 heavy (non-hydrogen) atoms. The van der Waals surface area contributed by atoms with Crippen molar-refractivity contribution in [2.45, 2.75) is 270 Å². The third kappa shape index (κ3) is 16.9. The summed E-state index contributed by atoms with van der Waals surface area (Å²) in [5.41, 5.74) is 1.05. The molecule has 0 aliphatic heterocycles. The number of ether oxygens (including phenoxy) is 2. The first-order chi connectivity index (χ1) is 29.9. The zero-order valence-corrected chi connectivity index (χ0v) is 41.4. The van der Waals surface area contributed by atoms with Gasteiger partial charge in [-0.25, -0.2) is 8.42 Å². The average Bonchev–Trinajstić information content (AvgIpc) is 3.56. The lowest BCUT2D eigenvalue weighted by molar-refractivity contribution is -0.157. The van der Waals surface area contributed by atoms with Crippen molar-refractivity contribution in [3.8, 4) is 0 Å². The van der Waals surface area contributed by atoms with Crippen LogP contribution in [0.3, 0.4) is 0 Å². The molecule has 0 spiro atoms. The van der Waals surface area contributed by atoms with Crippen LogP contribution in [0.25, 0.3) is 0 Å². The van der Waals surface area contributed by atoms with Crippen LogP contribution < -0.4 is 0 Å². The van der Waals surface area contributed by atoms with E-state index in [2.05, 4.69) is 33.8 Å². The highest BCUT2D eigenvalue weighted by Crippen LogP contribution is 2.64. The number of esters is 2. The van der Waals surface area contributed by atoms with Crippen LogP contribution in [0.1, 0.15) is 259 Å². The second-order valence-corrected chi connectivity index (χ2v) is 23.5. The Morgan fingerprint density at radius 2 is 1.08 bits per heavy atom. The molecule has 0 radical (unpaired) electrons. The molecule has 0 N–H and O–H groups in total. The van der Waals surface area contributed by atoms with Gasteiger partial charge < -0.3 is 9.47 Å². The summed E-state index contributed by atoms with van der Waals surface area (Å²) in [6, 6.07) is 0. The van der Waals surface area contributed by atoms with Crippen molar-refractivity contribution in [1.82, 2.24) is 0 Å². The van der Waals surface area contributed by atoms with Gasteiger partial charge in [0.15, 0.2) is 9.84 Å². The van der Waals surface area contributed by atoms with Gasteiger partial charge in [-0.15, -0.1) is 0 Å². The van der Waals surface area contributed by atoms with Crippen molar-refractivity contribution in [1.29, 1.82) is 0 Å². The van der Waals surface area contributed by atoms with Crippen LogP contribution in [0, 0.1) is 28.6 Å². The molecule has 0 aromatic carbocycles. The van der Waals surface area contributed by atoms with E-state index in [0.717, 1.165) is 70.6 Å². The highest BCUT2D eigenvalue weighted by Gasteiger charge is 2.59. The highest BCUT2D eigenvalue weighted by atomic mass is 32.2. The van der Waals surface area contributed by atoms with Crippen LogP contribution in [0.2, 0.25) is 0 Å². The molecule has 7 nitrogen and oxygen atoms in total. The number of carbonyl (C=O) groups is 3. The minimum atomic E-state index is -3.66. The van der Waals surface area contributed by atoms with Gasteiger partial charge in [0.25, 0.3) is 0 Å². The second-order valence-electron chi connectivity index (χ2n) is 21.2. The fourth-order valence-corrected chi connectivity index (χ4v) is 14.2. The number of fused-ring (bicyclic) bond motifs is 5. The average molecular weight is 887 g/mol. The fraction of sp³-hybridized carbons (Fsp3) is 0.907. The van der Waals surface area contributed by atoms with Gasteiger partial charge in [-0.3, -0.25) is 14.4 Å². The van der Waals surface area contributed by atoms with Crippen molar-refractivity contribution >= 4 is 27.6 Å². The fourth-order valence-electron chi connectivity index (χ4n) is 12.3. The molecule has 0 aromatic rings. The maximum atomic E-state index is 14.2. The molecule has 1 unspecified atom stereocenters. The molecular formula is C54H94O7S. The first-order valence-corrected chi connectivity index (χ1v) is 28.5. The van der Waals surface area contributed by atoms with E-state index in [1.807, 2.05) is 0 Å². The standard InChI is InChI=1S/C54H94O7S/c1-5-7-9-11-13-15-17-19-21-23-25-27-29-31-51(56)60-42-45(61-52(57)32-30-28-26-24-22-20-18-16-14-12-10-8-6-2)43-62(58,59)46-37-39-53(3)44(41-46)33-34-47-48-35-36-50(55)54(48,4)40-38-49(47)53/h33,45-49H,5-32,34-43H2,1-4H3/t45?,46-,47-,48-,49-,53-,54-/m0/s1. The summed E-state index contributed by atoms with van der Waals surface area (Å²) in [5.74, 6) is 0.817. The van der Waals surface area contributed by atoms with Gasteiger partial charge in [0, 0.05) is 24.7 Å². The lowest BCUT2D eigenvalue weighted by Gasteiger charge is -2.57. The summed E-state index contributed by atoms with van der Waals surface area (Å²) >= 11 is 0. The minimum Gasteiger partial charge on any atom is -0.462 e. The van der Waals surface area contributed by atoms with Crippen LogP contribution >= 0.6 is 0 Å². The number of allylic oxidation sites excluding steroid dienone is 2. The number of ketones is 1. The minimum absolute atomic E-state index is 0.0370. The topological polar surface area (TPSA) is 104 Å². The number of unbranched alkanes of at least 4 members (excludes halogenated alkanes) is 24. The molecular weight excluding hydrogens is 793 g/mol. The van der Waals surface area contributed by atoms with E-state index in [-0.39, 0.29) is 35.6 Å². The number of Topliss-reactive ketones (excluding diaryl/α,β-unsaturated/α-hetero) is 1. The Balaban J connectivity index is 1.22. The quantitative estimate of drug-likeness (QED) is 0.0360. The van der Waals surface area contributed by atoms with E-state index in [1.54, 1.807) is 0 Å². The molecule has 0 saturated heterocycles. The van der Waals surface area contributed by atoms with Gasteiger partial charge in [-0.05, 0) is 81.0 Å². The molecule has 8 heteroatoms. The largest absolute Gasteiger partial charge is 0.462 e. The molecule has 3 fully saturated rings. The van der Waals surface area contributed by atoms with Gasteiger partial charge >= 0.3 is 11.9 Å². The zero-order valence-electron chi connectivity index (χ0n) is 40.6. The van der Waals surface area contributed by atoms with Crippen molar-refractivity contribution in [2.24, 2.45) is 28.6 Å². The van der Waals surface area contributed by atoms with Crippen LogP contribution in [0.15, 0.2) is 11.6 Å². The summed E-state index contributed by atoms with van der Waals surface area (Å²) in [7, 11) is -3.66. The first-order valence-electron chi connectivity index (χ1n) is 26.7. The number of hydrogen-bond acceptors (Lipinski definition) is 7. The van der Waals surface area contributed by atoms with Crippen molar-refractivity contribution in [3.63, 3.8) is 0 Å². The predicted octanol–water partition coefficient (Wildman–Crippen LogP) is 14.7. The molecule has 0 aromatic heterocycles. The molecule has 0 bridgehead atoms. The number of hydrogen-bond donors (Lipinski definition) is 0. The molecule has 0 heterocycles. The van der Waals surface area contributed by atoms with Crippen molar-refractivity contribution in [3.05, 3.63) is 11.6 Å². The Bertz CT molecular complexity index is 1450. The van der Waals surface area contributed by atoms with E-state index >= 15 is 0 Å². The summed E-state index contributed by atoms with van der Waals surface area (Å²) < 4.78 is 40.0. The zero-order chi connectivity index (χ0) is 44.7. The van der Waals surface area contributed by atoms with Gasteiger partial charge in [0.2, 0.25) is 0 Å². The van der Waals surface area contributed by atoms with E-state index in [1.165, 1.54) is 134 Å². The third-order valence-electron chi connectivity index (χ3n) is 16.4. The third-order valence-corrected chi connectivity index (χ3v) is 18.6. The van der Waals surface area contributed by atoms with Crippen LogP contribution in [0.5, 0.6) is 0 Å².